The fraction of sp³-hybridized carbons (Fsp3) is 0.278. The Labute approximate surface area is 130 Å². The van der Waals surface area contributed by atoms with Gasteiger partial charge >= 0.3 is 0 Å². The maximum absolute atomic E-state index is 5.99. The number of imidazole rings is 1. The van der Waals surface area contributed by atoms with Crippen LogP contribution in [-0.4, -0.2) is 27.4 Å². The van der Waals surface area contributed by atoms with Crippen LogP contribution < -0.4 is 5.73 Å². The van der Waals surface area contributed by atoms with E-state index in [2.05, 4.69) is 33.6 Å². The number of hydrogen-bond donors (Lipinski definition) is 1. The number of benzene rings is 1. The summed E-state index contributed by atoms with van der Waals surface area (Å²) < 4.78 is 2.15. The monoisotopic (exact) mass is 292 g/mol. The normalized spacial score (nSPS) is 15.6. The summed E-state index contributed by atoms with van der Waals surface area (Å²) in [5.74, 6) is 0. The second-order valence-corrected chi connectivity index (χ2v) is 5.95. The van der Waals surface area contributed by atoms with E-state index in [1.54, 1.807) is 0 Å². The van der Waals surface area contributed by atoms with E-state index < -0.39 is 0 Å². The highest BCUT2D eigenvalue weighted by Crippen LogP contribution is 2.27. The Hall–Kier alpha value is -2.33. The minimum Gasteiger partial charge on any atom is -0.398 e. The first-order valence-electron chi connectivity index (χ1n) is 7.85. The molecule has 2 N–H and O–H groups in total. The molecule has 1 fully saturated rings. The highest BCUT2D eigenvalue weighted by Gasteiger charge is 2.19. The summed E-state index contributed by atoms with van der Waals surface area (Å²) in [5.41, 5.74) is 11.2. The number of hydrogen-bond acceptors (Lipinski definition) is 3. The van der Waals surface area contributed by atoms with E-state index >= 15 is 0 Å². The summed E-state index contributed by atoms with van der Waals surface area (Å²) in [7, 11) is 0. The van der Waals surface area contributed by atoms with Crippen molar-refractivity contribution in [2.24, 2.45) is 0 Å². The van der Waals surface area contributed by atoms with Crippen molar-refractivity contribution in [2.75, 3.05) is 18.8 Å². The lowest BCUT2D eigenvalue weighted by Gasteiger charge is -2.15. The number of likely N-dealkylation sites (tertiary alicyclic amines) is 1. The molecule has 0 radical (unpaired) electrons. The molecule has 0 saturated carbocycles. The third kappa shape index (κ3) is 2.35. The number of rotatable bonds is 3. The van der Waals surface area contributed by atoms with Gasteiger partial charge in [0, 0.05) is 24.0 Å². The first kappa shape index (κ1) is 13.3. The SMILES string of the molecule is Nc1ccc2nc(-c3ccccc3)c(CN3CCCC3)n2c1. The van der Waals surface area contributed by atoms with Crippen LogP contribution in [0.1, 0.15) is 18.5 Å². The number of fused-ring (bicyclic) bond motifs is 1. The van der Waals surface area contributed by atoms with Crippen molar-refractivity contribution in [3.63, 3.8) is 0 Å². The molecular formula is C18H20N4. The van der Waals surface area contributed by atoms with Crippen LogP contribution >= 0.6 is 0 Å². The van der Waals surface area contributed by atoms with Crippen molar-refractivity contribution < 1.29 is 0 Å². The van der Waals surface area contributed by atoms with Crippen LogP contribution in [0.2, 0.25) is 0 Å². The summed E-state index contributed by atoms with van der Waals surface area (Å²) in [6, 6.07) is 14.3. The second-order valence-electron chi connectivity index (χ2n) is 5.95. The highest BCUT2D eigenvalue weighted by molar-refractivity contribution is 5.67. The summed E-state index contributed by atoms with van der Waals surface area (Å²) in [5, 5.41) is 0. The minimum atomic E-state index is 0.771. The first-order chi connectivity index (χ1) is 10.8. The third-order valence-electron chi connectivity index (χ3n) is 4.36. The predicted molar refractivity (Wildman–Crippen MR) is 89.6 cm³/mol. The van der Waals surface area contributed by atoms with E-state index in [0.29, 0.717) is 0 Å². The molecule has 0 spiro atoms. The molecule has 0 bridgehead atoms. The van der Waals surface area contributed by atoms with Crippen LogP contribution in [-0.2, 0) is 6.54 Å². The molecule has 1 saturated heterocycles. The Morgan fingerprint density at radius 3 is 2.55 bits per heavy atom. The fourth-order valence-corrected chi connectivity index (χ4v) is 3.24. The van der Waals surface area contributed by atoms with E-state index in [1.807, 2.05) is 24.4 Å². The third-order valence-corrected chi connectivity index (χ3v) is 4.36. The van der Waals surface area contributed by atoms with E-state index in [9.17, 15) is 0 Å². The van der Waals surface area contributed by atoms with Gasteiger partial charge in [0.05, 0.1) is 11.4 Å². The van der Waals surface area contributed by atoms with Crippen LogP contribution in [0.5, 0.6) is 0 Å². The zero-order valence-electron chi connectivity index (χ0n) is 12.6. The molecule has 0 amide bonds. The quantitative estimate of drug-likeness (QED) is 0.806. The van der Waals surface area contributed by atoms with Crippen LogP contribution in [0.4, 0.5) is 5.69 Å². The minimum absolute atomic E-state index is 0.771. The topological polar surface area (TPSA) is 46.6 Å². The highest BCUT2D eigenvalue weighted by atomic mass is 15.2. The lowest BCUT2D eigenvalue weighted by Crippen LogP contribution is -2.20. The Bertz CT molecular complexity index is 785. The molecule has 1 aliphatic rings. The second kappa shape index (κ2) is 5.46. The zero-order valence-corrected chi connectivity index (χ0v) is 12.6. The van der Waals surface area contributed by atoms with Gasteiger partial charge in [-0.25, -0.2) is 4.98 Å². The van der Waals surface area contributed by atoms with Gasteiger partial charge in [-0.2, -0.15) is 0 Å². The summed E-state index contributed by atoms with van der Waals surface area (Å²) in [4.78, 5) is 7.35. The maximum atomic E-state index is 5.99. The summed E-state index contributed by atoms with van der Waals surface area (Å²) in [6.45, 7) is 3.27. The van der Waals surface area contributed by atoms with Crippen molar-refractivity contribution in [3.8, 4) is 11.3 Å². The predicted octanol–water partition coefficient (Wildman–Crippen LogP) is 3.18. The van der Waals surface area contributed by atoms with E-state index in [0.717, 1.165) is 23.6 Å². The number of nitrogen functional groups attached to an aromatic ring is 1. The van der Waals surface area contributed by atoms with Crippen molar-refractivity contribution in [1.29, 1.82) is 0 Å². The first-order valence-corrected chi connectivity index (χ1v) is 7.85. The molecular weight excluding hydrogens is 272 g/mol. The molecule has 4 heteroatoms. The molecule has 22 heavy (non-hydrogen) atoms. The molecule has 3 aromatic rings. The van der Waals surface area contributed by atoms with Crippen molar-refractivity contribution in [2.45, 2.75) is 19.4 Å². The van der Waals surface area contributed by atoms with Gasteiger partial charge in [-0.3, -0.25) is 4.90 Å². The lowest BCUT2D eigenvalue weighted by atomic mass is 10.1. The van der Waals surface area contributed by atoms with E-state index in [4.69, 9.17) is 10.7 Å². The van der Waals surface area contributed by atoms with Crippen LogP contribution in [0.25, 0.3) is 16.9 Å². The number of anilines is 1. The lowest BCUT2D eigenvalue weighted by molar-refractivity contribution is 0.327. The Kier molecular flexibility index (Phi) is 3.31. The number of nitrogens with zero attached hydrogens (tertiary/aromatic N) is 3. The van der Waals surface area contributed by atoms with Crippen LogP contribution in [0, 0.1) is 0 Å². The van der Waals surface area contributed by atoms with Crippen LogP contribution in [0.3, 0.4) is 0 Å². The van der Waals surface area contributed by atoms with Gasteiger partial charge in [0.1, 0.15) is 5.65 Å². The molecule has 1 aliphatic heterocycles. The Morgan fingerprint density at radius 2 is 1.77 bits per heavy atom. The molecule has 4 rings (SSSR count). The van der Waals surface area contributed by atoms with Gasteiger partial charge in [0.2, 0.25) is 0 Å². The van der Waals surface area contributed by atoms with Gasteiger partial charge in [-0.15, -0.1) is 0 Å². The molecule has 0 unspecified atom stereocenters. The van der Waals surface area contributed by atoms with E-state index in [-0.39, 0.29) is 0 Å². The Morgan fingerprint density at radius 1 is 1.00 bits per heavy atom. The molecule has 1 aromatic carbocycles. The van der Waals surface area contributed by atoms with Crippen LogP contribution in [0.15, 0.2) is 48.7 Å². The van der Waals surface area contributed by atoms with Crippen molar-refractivity contribution >= 4 is 11.3 Å². The number of pyridine rings is 1. The van der Waals surface area contributed by atoms with Gasteiger partial charge < -0.3 is 10.1 Å². The van der Waals surface area contributed by atoms with Gasteiger partial charge in [-0.1, -0.05) is 30.3 Å². The number of nitrogens with two attached hydrogens (primary N) is 1. The summed E-state index contributed by atoms with van der Waals surface area (Å²) >= 11 is 0. The smallest absolute Gasteiger partial charge is 0.137 e. The van der Waals surface area contributed by atoms with Gasteiger partial charge in [0.15, 0.2) is 0 Å². The molecule has 3 heterocycles. The molecule has 4 nitrogen and oxygen atoms in total. The molecule has 0 atom stereocenters. The van der Waals surface area contributed by atoms with E-state index in [1.165, 1.54) is 37.2 Å². The van der Waals surface area contributed by atoms with Gasteiger partial charge in [0.25, 0.3) is 0 Å². The zero-order chi connectivity index (χ0) is 14.9. The molecule has 112 valence electrons. The molecule has 0 aliphatic carbocycles. The summed E-state index contributed by atoms with van der Waals surface area (Å²) in [6.07, 6.45) is 4.57. The van der Waals surface area contributed by atoms with Crippen molar-refractivity contribution in [1.82, 2.24) is 14.3 Å². The van der Waals surface area contributed by atoms with Crippen molar-refractivity contribution in [3.05, 3.63) is 54.4 Å². The molecule has 2 aromatic heterocycles. The van der Waals surface area contributed by atoms with Gasteiger partial charge in [-0.05, 0) is 38.1 Å². The maximum Gasteiger partial charge on any atom is 0.137 e. The average Bonchev–Trinajstić information content (AvgIpc) is 3.17. The average molecular weight is 292 g/mol. The Balaban J connectivity index is 1.86. The number of aromatic nitrogens is 2. The largest absolute Gasteiger partial charge is 0.398 e. The fourth-order valence-electron chi connectivity index (χ4n) is 3.24. The standard InChI is InChI=1S/C18H20N4/c19-15-8-9-17-20-18(14-6-2-1-3-7-14)16(22(17)12-15)13-21-10-4-5-11-21/h1-3,6-9,12H,4-5,10-11,13,19H2.